The van der Waals surface area contributed by atoms with Gasteiger partial charge in [0, 0.05) is 12.0 Å². The van der Waals surface area contributed by atoms with Crippen molar-refractivity contribution >= 4 is 21.6 Å². The molecule has 22 heavy (non-hydrogen) atoms. The SMILES string of the molecule is CC(C)(C)C(=O)NCCN(c1c(F)cccc1F)S(C)(=O)=O. The summed E-state index contributed by atoms with van der Waals surface area (Å²) in [5.74, 6) is -2.24. The van der Waals surface area contributed by atoms with Crippen LogP contribution in [-0.4, -0.2) is 33.7 Å². The lowest BCUT2D eigenvalue weighted by atomic mass is 9.96. The van der Waals surface area contributed by atoms with E-state index in [1.807, 2.05) is 0 Å². The van der Waals surface area contributed by atoms with E-state index in [4.69, 9.17) is 0 Å². The molecule has 1 rings (SSSR count). The molecule has 1 N–H and O–H groups in total. The molecule has 0 unspecified atom stereocenters. The number of nitrogens with zero attached hydrogens (tertiary/aromatic N) is 1. The maximum absolute atomic E-state index is 13.8. The third-order valence-corrected chi connectivity index (χ3v) is 4.03. The van der Waals surface area contributed by atoms with Crippen molar-refractivity contribution in [2.24, 2.45) is 5.41 Å². The highest BCUT2D eigenvalue weighted by Crippen LogP contribution is 2.25. The fourth-order valence-electron chi connectivity index (χ4n) is 1.71. The van der Waals surface area contributed by atoms with Gasteiger partial charge < -0.3 is 5.32 Å². The van der Waals surface area contributed by atoms with E-state index in [0.29, 0.717) is 4.31 Å². The summed E-state index contributed by atoms with van der Waals surface area (Å²) < 4.78 is 51.7. The summed E-state index contributed by atoms with van der Waals surface area (Å²) in [7, 11) is -3.89. The van der Waals surface area contributed by atoms with E-state index in [-0.39, 0.29) is 19.0 Å². The Morgan fingerprint density at radius 1 is 1.23 bits per heavy atom. The van der Waals surface area contributed by atoms with Crippen molar-refractivity contribution in [3.05, 3.63) is 29.8 Å². The summed E-state index contributed by atoms with van der Waals surface area (Å²) >= 11 is 0. The lowest BCUT2D eigenvalue weighted by molar-refractivity contribution is -0.128. The highest BCUT2D eigenvalue weighted by Gasteiger charge is 2.25. The number of nitrogens with one attached hydrogen (secondary N) is 1. The Hall–Kier alpha value is -1.70. The van der Waals surface area contributed by atoms with Crippen LogP contribution in [0, 0.1) is 17.0 Å². The van der Waals surface area contributed by atoms with E-state index in [9.17, 15) is 22.0 Å². The summed E-state index contributed by atoms with van der Waals surface area (Å²) in [6.45, 7) is 4.78. The smallest absolute Gasteiger partial charge is 0.232 e. The molecule has 0 saturated carbocycles. The number of anilines is 1. The topological polar surface area (TPSA) is 66.5 Å². The van der Waals surface area contributed by atoms with Crippen molar-refractivity contribution in [2.75, 3.05) is 23.7 Å². The molecule has 124 valence electrons. The molecule has 0 fully saturated rings. The monoisotopic (exact) mass is 334 g/mol. The Balaban J connectivity index is 2.96. The molecule has 0 saturated heterocycles. The van der Waals surface area contributed by atoms with Gasteiger partial charge >= 0.3 is 0 Å². The number of sulfonamides is 1. The zero-order valence-corrected chi connectivity index (χ0v) is 13.8. The minimum atomic E-state index is -3.89. The molecule has 0 atom stereocenters. The Morgan fingerprint density at radius 3 is 2.14 bits per heavy atom. The normalized spacial score (nSPS) is 12.1. The van der Waals surface area contributed by atoms with Crippen molar-refractivity contribution in [3.63, 3.8) is 0 Å². The summed E-state index contributed by atoms with van der Waals surface area (Å²) in [6, 6.07) is 3.10. The maximum Gasteiger partial charge on any atom is 0.232 e. The second kappa shape index (κ2) is 6.60. The van der Waals surface area contributed by atoms with Crippen molar-refractivity contribution in [2.45, 2.75) is 20.8 Å². The average Bonchev–Trinajstić information content (AvgIpc) is 2.33. The molecule has 0 aliphatic heterocycles. The van der Waals surface area contributed by atoms with Crippen molar-refractivity contribution < 1.29 is 22.0 Å². The summed E-state index contributed by atoms with van der Waals surface area (Å²) in [5, 5.41) is 2.54. The van der Waals surface area contributed by atoms with Crippen LogP contribution in [0.25, 0.3) is 0 Å². The molecule has 0 bridgehead atoms. The molecule has 0 heterocycles. The third-order valence-electron chi connectivity index (χ3n) is 2.87. The molecule has 0 radical (unpaired) electrons. The number of rotatable bonds is 5. The van der Waals surface area contributed by atoms with E-state index < -0.39 is 32.8 Å². The van der Waals surface area contributed by atoms with Gasteiger partial charge in [0.25, 0.3) is 0 Å². The van der Waals surface area contributed by atoms with Crippen LogP contribution in [-0.2, 0) is 14.8 Å². The van der Waals surface area contributed by atoms with Crippen LogP contribution < -0.4 is 9.62 Å². The van der Waals surface area contributed by atoms with Crippen LogP contribution in [0.2, 0.25) is 0 Å². The molecule has 1 amide bonds. The molecule has 8 heteroatoms. The van der Waals surface area contributed by atoms with Gasteiger partial charge in [-0.05, 0) is 12.1 Å². The standard InChI is InChI=1S/C14H20F2N2O3S/c1-14(2,3)13(19)17-8-9-18(22(4,20)21)12-10(15)6-5-7-11(12)16/h5-7H,8-9H2,1-4H3,(H,17,19). The van der Waals surface area contributed by atoms with E-state index in [1.165, 1.54) is 0 Å². The summed E-state index contributed by atoms with van der Waals surface area (Å²) in [6.07, 6.45) is 0.852. The predicted octanol–water partition coefficient (Wildman–Crippen LogP) is 1.89. The molecule has 0 aromatic heterocycles. The van der Waals surface area contributed by atoms with Gasteiger partial charge in [-0.25, -0.2) is 17.2 Å². The molecule has 0 aliphatic carbocycles. The van der Waals surface area contributed by atoms with Gasteiger partial charge in [-0.2, -0.15) is 0 Å². The van der Waals surface area contributed by atoms with E-state index in [0.717, 1.165) is 24.5 Å². The average molecular weight is 334 g/mol. The number of para-hydroxylation sites is 1. The first-order valence-electron chi connectivity index (χ1n) is 6.64. The zero-order valence-electron chi connectivity index (χ0n) is 13.0. The molecule has 0 aliphatic rings. The van der Waals surface area contributed by atoms with Crippen molar-refractivity contribution in [3.8, 4) is 0 Å². The largest absolute Gasteiger partial charge is 0.354 e. The van der Waals surface area contributed by atoms with Crippen LogP contribution >= 0.6 is 0 Å². The number of carbonyl (C=O) groups excluding carboxylic acids is 1. The lowest BCUT2D eigenvalue weighted by Crippen LogP contribution is -2.42. The summed E-state index contributed by atoms with van der Waals surface area (Å²) in [5.41, 5.74) is -1.28. The Bertz CT molecular complexity index is 634. The first-order chi connectivity index (χ1) is 9.94. The fraction of sp³-hybridized carbons (Fsp3) is 0.500. The first kappa shape index (κ1) is 18.3. The highest BCUT2D eigenvalue weighted by atomic mass is 32.2. The van der Waals surface area contributed by atoms with E-state index >= 15 is 0 Å². The van der Waals surface area contributed by atoms with E-state index in [2.05, 4.69) is 5.32 Å². The first-order valence-corrected chi connectivity index (χ1v) is 8.49. The van der Waals surface area contributed by atoms with Gasteiger partial charge in [-0.3, -0.25) is 9.10 Å². The third kappa shape index (κ3) is 4.66. The molecule has 0 spiro atoms. The number of hydrogen-bond acceptors (Lipinski definition) is 3. The van der Waals surface area contributed by atoms with Gasteiger partial charge in [0.05, 0.1) is 12.8 Å². The van der Waals surface area contributed by atoms with Crippen LogP contribution in [0.4, 0.5) is 14.5 Å². The number of halogens is 2. The molecule has 1 aromatic carbocycles. The fourth-order valence-corrected chi connectivity index (χ4v) is 2.64. The maximum atomic E-state index is 13.8. The van der Waals surface area contributed by atoms with Crippen molar-refractivity contribution in [1.29, 1.82) is 0 Å². The van der Waals surface area contributed by atoms with Crippen LogP contribution in [0.5, 0.6) is 0 Å². The van der Waals surface area contributed by atoms with Crippen LogP contribution in [0.15, 0.2) is 18.2 Å². The van der Waals surface area contributed by atoms with Crippen LogP contribution in [0.3, 0.4) is 0 Å². The van der Waals surface area contributed by atoms with Gasteiger partial charge in [-0.15, -0.1) is 0 Å². The number of carbonyl (C=O) groups is 1. The second-order valence-electron chi connectivity index (χ2n) is 5.91. The van der Waals surface area contributed by atoms with Gasteiger partial charge in [0.2, 0.25) is 15.9 Å². The quantitative estimate of drug-likeness (QED) is 0.894. The van der Waals surface area contributed by atoms with Crippen LogP contribution in [0.1, 0.15) is 20.8 Å². The van der Waals surface area contributed by atoms with E-state index in [1.54, 1.807) is 20.8 Å². The molecular weight excluding hydrogens is 314 g/mol. The zero-order chi connectivity index (χ0) is 17.1. The highest BCUT2D eigenvalue weighted by molar-refractivity contribution is 7.92. The van der Waals surface area contributed by atoms with Gasteiger partial charge in [0.15, 0.2) is 11.6 Å². The second-order valence-corrected chi connectivity index (χ2v) is 7.82. The Labute approximate surface area is 129 Å². The minimum Gasteiger partial charge on any atom is -0.354 e. The molecule has 1 aromatic rings. The van der Waals surface area contributed by atoms with Crippen molar-refractivity contribution in [1.82, 2.24) is 5.32 Å². The van der Waals surface area contributed by atoms with Gasteiger partial charge in [-0.1, -0.05) is 26.8 Å². The van der Waals surface area contributed by atoms with Gasteiger partial charge in [0.1, 0.15) is 5.69 Å². The predicted molar refractivity (Wildman–Crippen MR) is 81.0 cm³/mol. The lowest BCUT2D eigenvalue weighted by Gasteiger charge is -2.24. The Morgan fingerprint density at radius 2 is 1.73 bits per heavy atom. The molecular formula is C14H20F2N2O3S. The number of benzene rings is 1. The minimum absolute atomic E-state index is 0.0586. The summed E-state index contributed by atoms with van der Waals surface area (Å²) in [4.78, 5) is 11.7. The number of hydrogen-bond donors (Lipinski definition) is 1. The number of amides is 1. The Kier molecular flexibility index (Phi) is 5.50. The molecule has 5 nitrogen and oxygen atoms in total.